The Hall–Kier alpha value is -1.92. The molecule has 3 nitrogen and oxygen atoms in total. The number of hydrogen-bond donors (Lipinski definition) is 1. The molecule has 1 aromatic heterocycles. The highest BCUT2D eigenvalue weighted by Crippen LogP contribution is 2.38. The highest BCUT2D eigenvalue weighted by atomic mass is 79.9. The van der Waals surface area contributed by atoms with Crippen molar-refractivity contribution in [3.8, 4) is 5.75 Å². The lowest BCUT2D eigenvalue weighted by Crippen LogP contribution is -2.22. The molecule has 1 amide bonds. The first-order chi connectivity index (χ1) is 11.1. The van der Waals surface area contributed by atoms with Crippen LogP contribution in [0.2, 0.25) is 0 Å². The Morgan fingerprint density at radius 2 is 2.09 bits per heavy atom. The first-order valence-electron chi connectivity index (χ1n) is 6.88. The summed E-state index contributed by atoms with van der Waals surface area (Å²) < 4.78 is 20.5. The van der Waals surface area contributed by atoms with Crippen molar-refractivity contribution in [2.24, 2.45) is 0 Å². The number of hydrogen-bond acceptors (Lipinski definition) is 3. The Bertz CT molecular complexity index is 878. The molecule has 0 aliphatic carbocycles. The van der Waals surface area contributed by atoms with Gasteiger partial charge in [0, 0.05) is 21.1 Å². The quantitative estimate of drug-likeness (QED) is 0.694. The maximum absolute atomic E-state index is 13.4. The number of carbonyl (C=O) groups excluding carboxylic acids is 1. The minimum atomic E-state index is -0.353. The molecule has 3 aromatic rings. The van der Waals surface area contributed by atoms with E-state index in [1.807, 2.05) is 24.3 Å². The maximum atomic E-state index is 13.4. The summed E-state index contributed by atoms with van der Waals surface area (Å²) >= 11 is 4.74. The Morgan fingerprint density at radius 3 is 2.83 bits per heavy atom. The van der Waals surface area contributed by atoms with E-state index >= 15 is 0 Å². The molecule has 0 aliphatic rings. The molecule has 1 N–H and O–H groups in total. The van der Waals surface area contributed by atoms with E-state index in [0.29, 0.717) is 22.6 Å². The molecule has 0 radical (unpaired) electrons. The van der Waals surface area contributed by atoms with E-state index < -0.39 is 0 Å². The van der Waals surface area contributed by atoms with Gasteiger partial charge in [0.1, 0.15) is 16.4 Å². The van der Waals surface area contributed by atoms with Crippen LogP contribution in [-0.4, -0.2) is 13.0 Å². The van der Waals surface area contributed by atoms with Crippen molar-refractivity contribution >= 4 is 43.3 Å². The van der Waals surface area contributed by atoms with E-state index in [1.54, 1.807) is 6.07 Å². The summed E-state index contributed by atoms with van der Waals surface area (Å²) in [5.74, 6) is -0.179. The molecular formula is C17H13BrFNO2S. The minimum Gasteiger partial charge on any atom is -0.494 e. The zero-order valence-corrected chi connectivity index (χ0v) is 14.6. The Morgan fingerprint density at radius 1 is 1.30 bits per heavy atom. The van der Waals surface area contributed by atoms with Crippen molar-refractivity contribution in [1.82, 2.24) is 5.32 Å². The van der Waals surface area contributed by atoms with Crippen molar-refractivity contribution in [3.63, 3.8) is 0 Å². The van der Waals surface area contributed by atoms with Crippen molar-refractivity contribution in [2.45, 2.75) is 6.54 Å². The fraction of sp³-hybridized carbons (Fsp3) is 0.118. The van der Waals surface area contributed by atoms with E-state index in [9.17, 15) is 9.18 Å². The fourth-order valence-electron chi connectivity index (χ4n) is 2.30. The van der Waals surface area contributed by atoms with E-state index in [1.165, 1.54) is 30.6 Å². The molecule has 0 unspecified atom stereocenters. The van der Waals surface area contributed by atoms with Crippen LogP contribution < -0.4 is 10.1 Å². The maximum Gasteiger partial charge on any atom is 0.265 e. The topological polar surface area (TPSA) is 38.3 Å². The summed E-state index contributed by atoms with van der Waals surface area (Å²) in [6.45, 7) is 0.395. The van der Waals surface area contributed by atoms with Crippen LogP contribution in [0.4, 0.5) is 4.39 Å². The number of benzene rings is 2. The number of nitrogens with one attached hydrogen (secondary N) is 1. The molecule has 2 aromatic carbocycles. The van der Waals surface area contributed by atoms with Gasteiger partial charge in [0.2, 0.25) is 0 Å². The standard InChI is InChI=1S/C17H13BrFNO2S/c1-22-15-12-8-11(19)6-7-14(12)23-16(15)17(21)20-9-10-4-2-3-5-13(10)18/h2-8H,9H2,1H3,(H,20,21). The van der Waals surface area contributed by atoms with Crippen LogP contribution in [0.1, 0.15) is 15.2 Å². The zero-order chi connectivity index (χ0) is 16.4. The molecule has 3 rings (SSSR count). The molecule has 23 heavy (non-hydrogen) atoms. The number of fused-ring (bicyclic) bond motifs is 1. The summed E-state index contributed by atoms with van der Waals surface area (Å²) in [5.41, 5.74) is 0.979. The Balaban J connectivity index is 1.87. The van der Waals surface area contributed by atoms with Gasteiger partial charge in [-0.3, -0.25) is 4.79 Å². The fourth-order valence-corrected chi connectivity index (χ4v) is 3.79. The van der Waals surface area contributed by atoms with Gasteiger partial charge < -0.3 is 10.1 Å². The highest BCUT2D eigenvalue weighted by Gasteiger charge is 2.19. The second-order valence-electron chi connectivity index (χ2n) is 4.88. The minimum absolute atomic E-state index is 0.237. The molecule has 1 heterocycles. The Kier molecular flexibility index (Phi) is 4.63. The molecule has 118 valence electrons. The van der Waals surface area contributed by atoms with Crippen LogP contribution in [0.15, 0.2) is 46.9 Å². The van der Waals surface area contributed by atoms with E-state index in [0.717, 1.165) is 14.7 Å². The van der Waals surface area contributed by atoms with Gasteiger partial charge in [-0.2, -0.15) is 0 Å². The number of carbonyl (C=O) groups is 1. The van der Waals surface area contributed by atoms with Crippen LogP contribution in [-0.2, 0) is 6.54 Å². The van der Waals surface area contributed by atoms with Crippen LogP contribution in [0.3, 0.4) is 0 Å². The predicted octanol–water partition coefficient (Wildman–Crippen LogP) is 4.74. The third kappa shape index (κ3) is 3.23. The average Bonchev–Trinajstić information content (AvgIpc) is 2.91. The average molecular weight is 394 g/mol. The van der Waals surface area contributed by atoms with Crippen molar-refractivity contribution in [2.75, 3.05) is 7.11 Å². The lowest BCUT2D eigenvalue weighted by molar-refractivity contribution is 0.0952. The number of amides is 1. The van der Waals surface area contributed by atoms with Crippen molar-refractivity contribution in [1.29, 1.82) is 0 Å². The number of rotatable bonds is 4. The third-order valence-electron chi connectivity index (χ3n) is 3.41. The summed E-state index contributed by atoms with van der Waals surface area (Å²) in [4.78, 5) is 12.9. The lowest BCUT2D eigenvalue weighted by Gasteiger charge is -2.07. The number of thiophene rings is 1. The van der Waals surface area contributed by atoms with Crippen LogP contribution in [0.5, 0.6) is 5.75 Å². The molecule has 0 saturated carbocycles. The molecule has 0 fully saturated rings. The normalized spacial score (nSPS) is 10.7. The lowest BCUT2D eigenvalue weighted by atomic mass is 10.2. The smallest absolute Gasteiger partial charge is 0.265 e. The monoisotopic (exact) mass is 393 g/mol. The van der Waals surface area contributed by atoms with E-state index in [4.69, 9.17) is 4.74 Å². The molecule has 0 saturated heterocycles. The molecule has 0 bridgehead atoms. The number of ether oxygens (including phenoxy) is 1. The second kappa shape index (κ2) is 6.68. The molecular weight excluding hydrogens is 381 g/mol. The molecule has 6 heteroatoms. The predicted molar refractivity (Wildman–Crippen MR) is 93.6 cm³/mol. The molecule has 0 spiro atoms. The first kappa shape index (κ1) is 16.0. The van der Waals surface area contributed by atoms with Gasteiger partial charge in [-0.05, 0) is 29.8 Å². The van der Waals surface area contributed by atoms with Gasteiger partial charge in [0.25, 0.3) is 5.91 Å². The van der Waals surface area contributed by atoms with Crippen LogP contribution in [0, 0.1) is 5.82 Å². The van der Waals surface area contributed by atoms with Gasteiger partial charge in [-0.1, -0.05) is 34.1 Å². The van der Waals surface area contributed by atoms with Crippen molar-refractivity contribution < 1.29 is 13.9 Å². The third-order valence-corrected chi connectivity index (χ3v) is 5.34. The summed E-state index contributed by atoms with van der Waals surface area (Å²) in [5, 5.41) is 3.49. The summed E-state index contributed by atoms with van der Waals surface area (Å²) in [7, 11) is 1.48. The van der Waals surface area contributed by atoms with E-state index in [2.05, 4.69) is 21.2 Å². The van der Waals surface area contributed by atoms with E-state index in [-0.39, 0.29) is 11.7 Å². The van der Waals surface area contributed by atoms with Crippen LogP contribution >= 0.6 is 27.3 Å². The highest BCUT2D eigenvalue weighted by molar-refractivity contribution is 9.10. The summed E-state index contributed by atoms with van der Waals surface area (Å²) in [6, 6.07) is 12.1. The second-order valence-corrected chi connectivity index (χ2v) is 6.79. The van der Waals surface area contributed by atoms with Gasteiger partial charge in [0.05, 0.1) is 7.11 Å². The Labute approximate surface area is 145 Å². The first-order valence-corrected chi connectivity index (χ1v) is 8.48. The van der Waals surface area contributed by atoms with Crippen molar-refractivity contribution in [3.05, 3.63) is 63.2 Å². The summed E-state index contributed by atoms with van der Waals surface area (Å²) in [6.07, 6.45) is 0. The van der Waals surface area contributed by atoms with Gasteiger partial charge >= 0.3 is 0 Å². The zero-order valence-electron chi connectivity index (χ0n) is 12.2. The van der Waals surface area contributed by atoms with Gasteiger partial charge in [-0.25, -0.2) is 4.39 Å². The van der Waals surface area contributed by atoms with Crippen LogP contribution in [0.25, 0.3) is 10.1 Å². The number of halogens is 2. The number of methoxy groups -OCH3 is 1. The molecule has 0 atom stereocenters. The van der Waals surface area contributed by atoms with Gasteiger partial charge in [0.15, 0.2) is 0 Å². The largest absolute Gasteiger partial charge is 0.494 e. The molecule has 0 aliphatic heterocycles. The SMILES string of the molecule is COc1c(C(=O)NCc2ccccc2Br)sc2ccc(F)cc12. The van der Waals surface area contributed by atoms with Gasteiger partial charge in [-0.15, -0.1) is 11.3 Å².